The Labute approximate surface area is 101 Å². The zero-order chi connectivity index (χ0) is 11.8. The van der Waals surface area contributed by atoms with Gasteiger partial charge in [0.15, 0.2) is 5.43 Å². The van der Waals surface area contributed by atoms with Crippen LogP contribution in [0.3, 0.4) is 0 Å². The largest absolute Gasteiger partial charge is 0.298 e. The Balaban J connectivity index is 2.41. The fourth-order valence-electron chi connectivity index (χ4n) is 1.69. The highest BCUT2D eigenvalue weighted by Crippen LogP contribution is 2.29. The fraction of sp³-hybridized carbons (Fsp3) is 0. The third-order valence-corrected chi connectivity index (χ3v) is 3.61. The Hall–Kier alpha value is -2.07. The molecule has 0 unspecified atom stereocenters. The van der Waals surface area contributed by atoms with Gasteiger partial charge in [0, 0.05) is 11.6 Å². The van der Waals surface area contributed by atoms with Gasteiger partial charge in [-0.25, -0.2) is 4.98 Å². The summed E-state index contributed by atoms with van der Waals surface area (Å²) in [5, 5.41) is 0. The van der Waals surface area contributed by atoms with Gasteiger partial charge in [-0.3, -0.25) is 9.59 Å². The SMILES string of the molecule is O=Cc1ccc2nc3ccc(=O)cc-3sc2c1. The molecule has 0 radical (unpaired) electrons. The highest BCUT2D eigenvalue weighted by molar-refractivity contribution is 7.21. The Morgan fingerprint density at radius 3 is 2.82 bits per heavy atom. The molecule has 0 fully saturated rings. The number of carbonyl (C=O) groups excluding carboxylic acids is 1. The summed E-state index contributed by atoms with van der Waals surface area (Å²) in [6.45, 7) is 0. The molecular formula is C13H7NO2S. The van der Waals surface area contributed by atoms with Crippen molar-refractivity contribution in [1.29, 1.82) is 0 Å². The quantitative estimate of drug-likeness (QED) is 0.486. The van der Waals surface area contributed by atoms with Crippen LogP contribution in [0.5, 0.6) is 0 Å². The van der Waals surface area contributed by atoms with Gasteiger partial charge < -0.3 is 0 Å². The predicted octanol–water partition coefficient (Wildman–Crippen LogP) is 2.57. The van der Waals surface area contributed by atoms with Crippen molar-refractivity contribution in [3.05, 3.63) is 52.2 Å². The van der Waals surface area contributed by atoms with E-state index in [9.17, 15) is 9.59 Å². The van der Waals surface area contributed by atoms with E-state index >= 15 is 0 Å². The Morgan fingerprint density at radius 2 is 2.00 bits per heavy atom. The molecule has 0 N–H and O–H groups in total. The molecule has 0 saturated heterocycles. The first-order valence-electron chi connectivity index (χ1n) is 5.06. The van der Waals surface area contributed by atoms with Gasteiger partial charge in [0.05, 0.1) is 20.8 Å². The van der Waals surface area contributed by atoms with Crippen LogP contribution in [-0.2, 0) is 0 Å². The van der Waals surface area contributed by atoms with E-state index in [1.165, 1.54) is 17.4 Å². The maximum absolute atomic E-state index is 11.3. The number of hydrogen-bond donors (Lipinski definition) is 0. The molecule has 3 nitrogen and oxygen atoms in total. The molecule has 0 saturated carbocycles. The second-order valence-electron chi connectivity index (χ2n) is 3.69. The van der Waals surface area contributed by atoms with Crippen LogP contribution in [0.1, 0.15) is 10.4 Å². The van der Waals surface area contributed by atoms with Crippen molar-refractivity contribution in [3.63, 3.8) is 0 Å². The van der Waals surface area contributed by atoms with Gasteiger partial charge in [0.25, 0.3) is 0 Å². The molecule has 0 bridgehead atoms. The van der Waals surface area contributed by atoms with Gasteiger partial charge in [-0.15, -0.1) is 11.3 Å². The number of fused-ring (bicyclic) bond motifs is 2. The molecule has 17 heavy (non-hydrogen) atoms. The number of carbonyl (C=O) groups is 1. The highest BCUT2D eigenvalue weighted by atomic mass is 32.1. The van der Waals surface area contributed by atoms with Crippen LogP contribution < -0.4 is 5.43 Å². The first-order chi connectivity index (χ1) is 8.26. The van der Waals surface area contributed by atoms with Crippen LogP contribution in [0.4, 0.5) is 0 Å². The molecule has 1 heterocycles. The molecule has 2 aliphatic rings. The average Bonchev–Trinajstić information content (AvgIpc) is 2.35. The molecule has 1 aromatic carbocycles. The smallest absolute Gasteiger partial charge is 0.180 e. The Morgan fingerprint density at radius 1 is 1.12 bits per heavy atom. The van der Waals surface area contributed by atoms with Crippen molar-refractivity contribution < 1.29 is 4.79 Å². The second kappa shape index (κ2) is 3.75. The lowest BCUT2D eigenvalue weighted by Gasteiger charge is -2.05. The Kier molecular flexibility index (Phi) is 2.23. The molecule has 3 rings (SSSR count). The topological polar surface area (TPSA) is 47.0 Å². The number of rotatable bonds is 1. The van der Waals surface area contributed by atoms with E-state index in [4.69, 9.17) is 0 Å². The maximum atomic E-state index is 11.3. The van der Waals surface area contributed by atoms with Crippen molar-refractivity contribution in [3.8, 4) is 10.6 Å². The molecule has 0 aromatic heterocycles. The van der Waals surface area contributed by atoms with Crippen LogP contribution in [0.2, 0.25) is 0 Å². The predicted molar refractivity (Wildman–Crippen MR) is 67.9 cm³/mol. The molecular weight excluding hydrogens is 234 g/mol. The lowest BCUT2D eigenvalue weighted by Crippen LogP contribution is -1.98. The molecule has 4 heteroatoms. The van der Waals surface area contributed by atoms with Crippen LogP contribution in [0.15, 0.2) is 41.2 Å². The third-order valence-electron chi connectivity index (χ3n) is 2.51. The number of benzene rings is 2. The van der Waals surface area contributed by atoms with Gasteiger partial charge in [0.2, 0.25) is 0 Å². The summed E-state index contributed by atoms with van der Waals surface area (Å²) in [5.74, 6) is 0. The van der Waals surface area contributed by atoms with Crippen molar-refractivity contribution in [2.24, 2.45) is 0 Å². The number of hydrogen-bond acceptors (Lipinski definition) is 4. The first-order valence-corrected chi connectivity index (χ1v) is 5.88. The monoisotopic (exact) mass is 241 g/mol. The normalized spacial score (nSPS) is 10.8. The zero-order valence-corrected chi connectivity index (χ0v) is 9.53. The lowest BCUT2D eigenvalue weighted by atomic mass is 10.2. The van der Waals surface area contributed by atoms with Crippen LogP contribution in [-0.4, -0.2) is 11.3 Å². The maximum Gasteiger partial charge on any atom is 0.180 e. The van der Waals surface area contributed by atoms with E-state index < -0.39 is 0 Å². The molecule has 0 atom stereocenters. The van der Waals surface area contributed by atoms with Gasteiger partial charge in [0.1, 0.15) is 6.29 Å². The Bertz CT molecular complexity index is 748. The van der Waals surface area contributed by atoms with E-state index in [0.717, 1.165) is 27.1 Å². The first kappa shape index (κ1) is 10.1. The summed E-state index contributed by atoms with van der Waals surface area (Å²) in [5.41, 5.74) is 2.24. The lowest BCUT2D eigenvalue weighted by molar-refractivity contribution is 0.112. The molecule has 0 amide bonds. The second-order valence-corrected chi connectivity index (χ2v) is 4.77. The van der Waals surface area contributed by atoms with Gasteiger partial charge in [-0.05, 0) is 30.3 Å². The van der Waals surface area contributed by atoms with E-state index in [0.29, 0.717) is 5.56 Å². The average molecular weight is 241 g/mol. The summed E-state index contributed by atoms with van der Waals surface area (Å²) in [7, 11) is 0. The van der Waals surface area contributed by atoms with Crippen LogP contribution >= 0.6 is 11.3 Å². The standard InChI is InChI=1S/C13H7NO2S/c15-7-8-1-3-10-12(5-8)17-13-6-9(16)2-4-11(13)14-10/h1-7H. The minimum absolute atomic E-state index is 0.0264. The molecule has 0 spiro atoms. The molecule has 1 aliphatic carbocycles. The van der Waals surface area contributed by atoms with Gasteiger partial charge in [-0.2, -0.15) is 0 Å². The van der Waals surface area contributed by atoms with Crippen molar-refractivity contribution >= 4 is 27.8 Å². The highest BCUT2D eigenvalue weighted by Gasteiger charge is 2.07. The molecule has 1 aliphatic heterocycles. The number of nitrogens with zero attached hydrogens (tertiary/aromatic N) is 1. The van der Waals surface area contributed by atoms with E-state index in [2.05, 4.69) is 4.98 Å². The van der Waals surface area contributed by atoms with Crippen LogP contribution in [0.25, 0.3) is 20.8 Å². The summed E-state index contributed by atoms with van der Waals surface area (Å²) in [4.78, 5) is 27.3. The molecule has 1 aromatic rings. The van der Waals surface area contributed by atoms with Gasteiger partial charge in [-0.1, -0.05) is 0 Å². The van der Waals surface area contributed by atoms with Crippen molar-refractivity contribution in [2.75, 3.05) is 0 Å². The summed E-state index contributed by atoms with van der Waals surface area (Å²) >= 11 is 1.47. The minimum Gasteiger partial charge on any atom is -0.298 e. The summed E-state index contributed by atoms with van der Waals surface area (Å²) in [6, 6.07) is 10.1. The third kappa shape index (κ3) is 1.72. The summed E-state index contributed by atoms with van der Waals surface area (Å²) < 4.78 is 0.910. The fourth-order valence-corrected chi connectivity index (χ4v) is 2.74. The molecule has 82 valence electrons. The van der Waals surface area contributed by atoms with E-state index in [-0.39, 0.29) is 5.43 Å². The minimum atomic E-state index is -0.0264. The number of aldehydes is 1. The van der Waals surface area contributed by atoms with E-state index in [1.807, 2.05) is 6.07 Å². The van der Waals surface area contributed by atoms with Crippen molar-refractivity contribution in [2.45, 2.75) is 0 Å². The summed E-state index contributed by atoms with van der Waals surface area (Å²) in [6.07, 6.45) is 0.806. The number of aromatic nitrogens is 1. The van der Waals surface area contributed by atoms with Crippen LogP contribution in [0, 0.1) is 0 Å². The van der Waals surface area contributed by atoms with Gasteiger partial charge >= 0.3 is 0 Å². The van der Waals surface area contributed by atoms with E-state index in [1.54, 1.807) is 24.3 Å². The zero-order valence-electron chi connectivity index (χ0n) is 8.71. The van der Waals surface area contributed by atoms with Crippen molar-refractivity contribution in [1.82, 2.24) is 4.98 Å².